The van der Waals surface area contributed by atoms with Crippen molar-refractivity contribution in [2.45, 2.75) is 55.5 Å². The zero-order valence-corrected chi connectivity index (χ0v) is 19.4. The third-order valence-electron chi connectivity index (χ3n) is 6.08. The Morgan fingerprint density at radius 1 is 1.06 bits per heavy atom. The number of thioether (sulfide) groups is 1. The molecular formula is C26H29N3O2S. The Labute approximate surface area is 193 Å². The van der Waals surface area contributed by atoms with Crippen molar-refractivity contribution in [3.05, 3.63) is 83.4 Å². The summed E-state index contributed by atoms with van der Waals surface area (Å²) >= 11 is 1.69. The Morgan fingerprint density at radius 2 is 1.88 bits per heavy atom. The highest BCUT2D eigenvalue weighted by molar-refractivity contribution is 8.00. The van der Waals surface area contributed by atoms with Gasteiger partial charge in [0.1, 0.15) is 11.8 Å². The Balaban J connectivity index is 1.17. The molecule has 2 aliphatic heterocycles. The summed E-state index contributed by atoms with van der Waals surface area (Å²) in [5.41, 5.74) is 5.81. The number of nitrogens with one attached hydrogen (secondary N) is 3. The predicted octanol–water partition coefficient (Wildman–Crippen LogP) is 5.73. The number of epoxide rings is 1. The molecule has 6 heteroatoms. The van der Waals surface area contributed by atoms with Crippen LogP contribution in [0.1, 0.15) is 36.6 Å². The van der Waals surface area contributed by atoms with Gasteiger partial charge in [-0.05, 0) is 73.9 Å². The van der Waals surface area contributed by atoms with Crippen LogP contribution in [-0.2, 0) is 11.3 Å². The van der Waals surface area contributed by atoms with Gasteiger partial charge in [0.2, 0.25) is 0 Å². The molecule has 0 spiro atoms. The van der Waals surface area contributed by atoms with E-state index in [0.29, 0.717) is 0 Å². The van der Waals surface area contributed by atoms with Gasteiger partial charge in [-0.3, -0.25) is 0 Å². The van der Waals surface area contributed by atoms with Crippen LogP contribution in [0.15, 0.2) is 71.6 Å². The van der Waals surface area contributed by atoms with Crippen LogP contribution in [0.4, 0.5) is 17.1 Å². The van der Waals surface area contributed by atoms with Crippen molar-refractivity contribution in [3.8, 4) is 0 Å². The normalized spacial score (nSPS) is 26.1. The van der Waals surface area contributed by atoms with Crippen molar-refractivity contribution in [2.24, 2.45) is 0 Å². The summed E-state index contributed by atoms with van der Waals surface area (Å²) in [6.07, 6.45) is -0.0286. The van der Waals surface area contributed by atoms with Crippen molar-refractivity contribution < 1.29 is 9.84 Å². The Bertz CT molecular complexity index is 1120. The SMILES string of the molecule is Cc1cccc(NCc2ccc(NC3OC3c3ccc4c(c3)NC(C)(O)C(C)S4)cc2)c1. The van der Waals surface area contributed by atoms with Crippen LogP contribution in [0, 0.1) is 6.92 Å². The number of aryl methyl sites for hydroxylation is 1. The summed E-state index contributed by atoms with van der Waals surface area (Å²) in [7, 11) is 0. The van der Waals surface area contributed by atoms with Crippen molar-refractivity contribution in [3.63, 3.8) is 0 Å². The minimum absolute atomic E-state index is 0.0130. The van der Waals surface area contributed by atoms with Crippen molar-refractivity contribution in [2.75, 3.05) is 16.0 Å². The molecule has 0 radical (unpaired) electrons. The minimum Gasteiger partial charge on any atom is -0.381 e. The molecule has 166 valence electrons. The van der Waals surface area contributed by atoms with Crippen LogP contribution in [-0.4, -0.2) is 22.3 Å². The highest BCUT2D eigenvalue weighted by Gasteiger charge is 2.41. The third-order valence-corrected chi connectivity index (χ3v) is 7.51. The lowest BCUT2D eigenvalue weighted by molar-refractivity contribution is 0.0903. The Morgan fingerprint density at radius 3 is 2.66 bits per heavy atom. The lowest BCUT2D eigenvalue weighted by Crippen LogP contribution is -2.45. The Kier molecular flexibility index (Phi) is 5.53. The van der Waals surface area contributed by atoms with Gasteiger partial charge in [0, 0.05) is 22.8 Å². The summed E-state index contributed by atoms with van der Waals surface area (Å²) in [5.74, 6) is 0. The fraction of sp³-hybridized carbons (Fsp3) is 0.308. The first-order chi connectivity index (χ1) is 15.4. The van der Waals surface area contributed by atoms with Crippen LogP contribution < -0.4 is 16.0 Å². The number of rotatable bonds is 6. The number of ether oxygens (including phenoxy) is 1. The molecule has 3 aromatic rings. The maximum Gasteiger partial charge on any atom is 0.159 e. The van der Waals surface area contributed by atoms with Crippen LogP contribution in [0.5, 0.6) is 0 Å². The number of benzene rings is 3. The lowest BCUT2D eigenvalue weighted by Gasteiger charge is -2.37. The highest BCUT2D eigenvalue weighted by Crippen LogP contribution is 2.45. The summed E-state index contributed by atoms with van der Waals surface area (Å²) in [4.78, 5) is 1.16. The van der Waals surface area contributed by atoms with Gasteiger partial charge in [0.05, 0.1) is 10.9 Å². The second-order valence-electron chi connectivity index (χ2n) is 8.83. The fourth-order valence-corrected chi connectivity index (χ4v) is 4.98. The number of aliphatic hydroxyl groups is 1. The van der Waals surface area contributed by atoms with E-state index < -0.39 is 5.72 Å². The van der Waals surface area contributed by atoms with E-state index in [2.05, 4.69) is 89.6 Å². The van der Waals surface area contributed by atoms with E-state index in [1.807, 2.05) is 13.8 Å². The number of anilines is 3. The number of fused-ring (bicyclic) bond motifs is 1. The second kappa shape index (κ2) is 8.35. The van der Waals surface area contributed by atoms with E-state index in [9.17, 15) is 5.11 Å². The van der Waals surface area contributed by atoms with E-state index in [1.54, 1.807) is 11.8 Å². The van der Waals surface area contributed by atoms with E-state index in [1.165, 1.54) is 11.1 Å². The average molecular weight is 448 g/mol. The van der Waals surface area contributed by atoms with Gasteiger partial charge >= 0.3 is 0 Å². The van der Waals surface area contributed by atoms with E-state index >= 15 is 0 Å². The van der Waals surface area contributed by atoms with Gasteiger partial charge in [-0.2, -0.15) is 0 Å². The zero-order valence-electron chi connectivity index (χ0n) is 18.6. The molecule has 5 rings (SSSR count). The summed E-state index contributed by atoms with van der Waals surface area (Å²) in [6, 6.07) is 23.2. The molecule has 2 aliphatic rings. The molecule has 5 nitrogen and oxygen atoms in total. The summed E-state index contributed by atoms with van der Waals surface area (Å²) in [5, 5.41) is 20.8. The maximum absolute atomic E-state index is 10.5. The quantitative estimate of drug-likeness (QED) is 0.362. The first-order valence-electron chi connectivity index (χ1n) is 11.0. The average Bonchev–Trinajstić information content (AvgIpc) is 3.53. The highest BCUT2D eigenvalue weighted by atomic mass is 32.2. The second-order valence-corrected chi connectivity index (χ2v) is 10.2. The van der Waals surface area contributed by atoms with E-state index in [4.69, 9.17) is 4.74 Å². The molecule has 0 bridgehead atoms. The molecule has 0 saturated carbocycles. The molecule has 1 saturated heterocycles. The van der Waals surface area contributed by atoms with E-state index in [-0.39, 0.29) is 17.6 Å². The maximum atomic E-state index is 10.5. The monoisotopic (exact) mass is 447 g/mol. The van der Waals surface area contributed by atoms with Crippen LogP contribution in [0.2, 0.25) is 0 Å². The van der Waals surface area contributed by atoms with Crippen molar-refractivity contribution in [1.82, 2.24) is 0 Å². The smallest absolute Gasteiger partial charge is 0.159 e. The molecule has 4 unspecified atom stereocenters. The van der Waals surface area contributed by atoms with Gasteiger partial charge in [0.15, 0.2) is 6.23 Å². The standard InChI is InChI=1S/C26H29N3O2S/c1-16-5-4-6-21(13-16)27-15-18-7-10-20(11-8-18)28-25-24(31-25)19-9-12-23-22(14-19)29-26(3,30)17(2)32-23/h4-14,17,24-25,27-30H,15H2,1-3H3. The number of hydrogen-bond acceptors (Lipinski definition) is 6. The van der Waals surface area contributed by atoms with Crippen LogP contribution in [0.25, 0.3) is 0 Å². The molecule has 32 heavy (non-hydrogen) atoms. The number of hydrogen-bond donors (Lipinski definition) is 4. The minimum atomic E-state index is -0.922. The van der Waals surface area contributed by atoms with Gasteiger partial charge in [0.25, 0.3) is 0 Å². The van der Waals surface area contributed by atoms with E-state index in [0.717, 1.165) is 34.1 Å². The molecule has 0 aliphatic carbocycles. The largest absolute Gasteiger partial charge is 0.381 e. The van der Waals surface area contributed by atoms with Gasteiger partial charge < -0.3 is 25.8 Å². The fourth-order valence-electron chi connectivity index (χ4n) is 3.92. The topological polar surface area (TPSA) is 68.8 Å². The first-order valence-corrected chi connectivity index (χ1v) is 11.9. The molecule has 0 amide bonds. The van der Waals surface area contributed by atoms with Crippen LogP contribution in [0.3, 0.4) is 0 Å². The predicted molar refractivity (Wildman–Crippen MR) is 132 cm³/mol. The van der Waals surface area contributed by atoms with Gasteiger partial charge in [-0.1, -0.05) is 30.3 Å². The molecule has 4 N–H and O–H groups in total. The Hall–Kier alpha value is -2.67. The molecule has 3 aromatic carbocycles. The third kappa shape index (κ3) is 4.58. The molecule has 4 atom stereocenters. The zero-order chi connectivity index (χ0) is 22.3. The van der Waals surface area contributed by atoms with Crippen LogP contribution >= 0.6 is 11.8 Å². The molecule has 0 aromatic heterocycles. The molecule has 2 heterocycles. The molecule has 1 fully saturated rings. The first kappa shape index (κ1) is 21.2. The van der Waals surface area contributed by atoms with Crippen molar-refractivity contribution >= 4 is 28.8 Å². The lowest BCUT2D eigenvalue weighted by atomic mass is 10.1. The summed E-state index contributed by atoms with van der Waals surface area (Å²) < 4.78 is 5.90. The van der Waals surface area contributed by atoms with Gasteiger partial charge in [-0.25, -0.2) is 0 Å². The van der Waals surface area contributed by atoms with Crippen molar-refractivity contribution in [1.29, 1.82) is 0 Å². The van der Waals surface area contributed by atoms with Gasteiger partial charge in [-0.15, -0.1) is 11.8 Å². The summed E-state index contributed by atoms with van der Waals surface area (Å²) in [6.45, 7) is 6.73. The molecular weight excluding hydrogens is 418 g/mol.